The summed E-state index contributed by atoms with van der Waals surface area (Å²) in [7, 11) is 0. The maximum absolute atomic E-state index is 3.62. The molecular formula is C18H12BrN. The van der Waals surface area contributed by atoms with E-state index < -0.39 is 0 Å². The third kappa shape index (κ3) is 1.69. The van der Waals surface area contributed by atoms with Crippen molar-refractivity contribution in [1.82, 2.24) is 4.98 Å². The molecule has 0 saturated carbocycles. The summed E-state index contributed by atoms with van der Waals surface area (Å²) in [6.45, 7) is 0. The number of hydrogen-bond acceptors (Lipinski definition) is 0. The Morgan fingerprint density at radius 2 is 1.35 bits per heavy atom. The smallest absolute Gasteiger partial charge is 0.0609 e. The van der Waals surface area contributed by atoms with Crippen molar-refractivity contribution in [1.29, 1.82) is 0 Å². The van der Waals surface area contributed by atoms with Gasteiger partial charge in [0.15, 0.2) is 0 Å². The molecule has 1 heterocycles. The monoisotopic (exact) mass is 321 g/mol. The van der Waals surface area contributed by atoms with E-state index in [0.717, 1.165) is 9.99 Å². The predicted molar refractivity (Wildman–Crippen MR) is 88.9 cm³/mol. The van der Waals surface area contributed by atoms with Gasteiger partial charge >= 0.3 is 0 Å². The van der Waals surface area contributed by atoms with E-state index in [1.54, 1.807) is 0 Å². The van der Waals surface area contributed by atoms with Crippen molar-refractivity contribution >= 4 is 37.7 Å². The highest BCUT2D eigenvalue weighted by atomic mass is 79.9. The summed E-state index contributed by atoms with van der Waals surface area (Å²) in [5.74, 6) is 0. The van der Waals surface area contributed by atoms with Crippen LogP contribution in [0.15, 0.2) is 71.2 Å². The van der Waals surface area contributed by atoms with Crippen molar-refractivity contribution in [2.45, 2.75) is 0 Å². The minimum atomic E-state index is 1.10. The van der Waals surface area contributed by atoms with Gasteiger partial charge in [-0.1, -0.05) is 60.7 Å². The largest absolute Gasteiger partial charge is 0.353 e. The van der Waals surface area contributed by atoms with Gasteiger partial charge in [-0.15, -0.1) is 0 Å². The molecule has 0 atom stereocenters. The Labute approximate surface area is 125 Å². The van der Waals surface area contributed by atoms with Crippen molar-refractivity contribution in [3.8, 4) is 11.1 Å². The molecule has 1 N–H and O–H groups in total. The van der Waals surface area contributed by atoms with Crippen molar-refractivity contribution < 1.29 is 0 Å². The third-order valence-corrected chi connectivity index (χ3v) is 4.36. The molecule has 0 amide bonds. The highest BCUT2D eigenvalue weighted by Gasteiger charge is 2.10. The van der Waals surface area contributed by atoms with E-state index in [2.05, 4.69) is 81.6 Å². The molecule has 96 valence electrons. The van der Waals surface area contributed by atoms with E-state index in [-0.39, 0.29) is 0 Å². The number of para-hydroxylation sites is 2. The van der Waals surface area contributed by atoms with Crippen molar-refractivity contribution in [3.05, 3.63) is 71.2 Å². The lowest BCUT2D eigenvalue weighted by Gasteiger charge is -2.03. The number of halogens is 1. The number of benzene rings is 3. The van der Waals surface area contributed by atoms with E-state index in [0.29, 0.717) is 0 Å². The molecule has 0 saturated heterocycles. The van der Waals surface area contributed by atoms with Crippen LogP contribution >= 0.6 is 15.9 Å². The second kappa shape index (κ2) is 4.50. The first-order chi connectivity index (χ1) is 9.84. The maximum Gasteiger partial charge on any atom is 0.0609 e. The Morgan fingerprint density at radius 1 is 0.650 bits per heavy atom. The van der Waals surface area contributed by atoms with Gasteiger partial charge in [0.25, 0.3) is 0 Å². The summed E-state index contributed by atoms with van der Waals surface area (Å²) in [5.41, 5.74) is 4.83. The number of aromatic amines is 1. The molecule has 1 nitrogen and oxygen atoms in total. The molecule has 0 bridgehead atoms. The lowest BCUT2D eigenvalue weighted by Crippen LogP contribution is -1.79. The molecule has 0 aliphatic carbocycles. The minimum Gasteiger partial charge on any atom is -0.353 e. The van der Waals surface area contributed by atoms with Crippen LogP contribution in [0.1, 0.15) is 0 Å². The minimum absolute atomic E-state index is 1.10. The molecule has 0 radical (unpaired) electrons. The summed E-state index contributed by atoms with van der Waals surface area (Å²) >= 11 is 3.62. The van der Waals surface area contributed by atoms with Crippen LogP contribution in [-0.2, 0) is 0 Å². The van der Waals surface area contributed by atoms with Crippen LogP contribution in [-0.4, -0.2) is 4.98 Å². The van der Waals surface area contributed by atoms with Gasteiger partial charge < -0.3 is 4.98 Å². The first kappa shape index (κ1) is 11.7. The quantitative estimate of drug-likeness (QED) is 0.459. The van der Waals surface area contributed by atoms with Crippen molar-refractivity contribution in [2.75, 3.05) is 0 Å². The van der Waals surface area contributed by atoms with Crippen molar-refractivity contribution in [2.24, 2.45) is 0 Å². The standard InChI is InChI=1S/C18H12BrN/c19-16-11-5-10-15-14-9-4-8-13(17(14)20-18(15)16)12-6-2-1-3-7-12/h1-11,20H. The first-order valence-corrected chi connectivity index (χ1v) is 7.38. The Kier molecular flexibility index (Phi) is 2.64. The van der Waals surface area contributed by atoms with E-state index in [4.69, 9.17) is 0 Å². The van der Waals surface area contributed by atoms with Gasteiger partial charge in [0.05, 0.1) is 11.0 Å². The highest BCUT2D eigenvalue weighted by Crippen LogP contribution is 2.35. The zero-order valence-electron chi connectivity index (χ0n) is 10.7. The van der Waals surface area contributed by atoms with Crippen LogP contribution in [0.5, 0.6) is 0 Å². The van der Waals surface area contributed by atoms with Crippen LogP contribution in [0.3, 0.4) is 0 Å². The number of nitrogens with one attached hydrogen (secondary N) is 1. The van der Waals surface area contributed by atoms with Gasteiger partial charge in [0.2, 0.25) is 0 Å². The lowest BCUT2D eigenvalue weighted by molar-refractivity contribution is 1.52. The number of H-pyrrole nitrogens is 1. The normalized spacial score (nSPS) is 11.2. The van der Waals surface area contributed by atoms with E-state index in [1.807, 2.05) is 6.07 Å². The summed E-state index contributed by atoms with van der Waals surface area (Å²) in [6.07, 6.45) is 0. The molecule has 3 aromatic carbocycles. The Bertz CT molecular complexity index is 907. The molecule has 0 spiro atoms. The zero-order valence-corrected chi connectivity index (χ0v) is 12.3. The molecule has 0 unspecified atom stereocenters. The Hall–Kier alpha value is -2.06. The molecule has 0 aliphatic heterocycles. The summed E-state index contributed by atoms with van der Waals surface area (Å²) in [4.78, 5) is 3.57. The summed E-state index contributed by atoms with van der Waals surface area (Å²) < 4.78 is 1.10. The molecule has 4 aromatic rings. The van der Waals surface area contributed by atoms with Crippen LogP contribution in [0.25, 0.3) is 32.9 Å². The molecule has 4 rings (SSSR count). The van der Waals surface area contributed by atoms with Gasteiger partial charge in [0, 0.05) is 20.8 Å². The number of hydrogen-bond donors (Lipinski definition) is 1. The fourth-order valence-electron chi connectivity index (χ4n) is 2.77. The average Bonchev–Trinajstić information content (AvgIpc) is 2.88. The Balaban J connectivity index is 2.14. The summed E-state index contributed by atoms with van der Waals surface area (Å²) in [6, 6.07) is 23.3. The second-order valence-corrected chi connectivity index (χ2v) is 5.74. The molecule has 0 fully saturated rings. The van der Waals surface area contributed by atoms with Gasteiger partial charge in [-0.05, 0) is 27.6 Å². The molecule has 20 heavy (non-hydrogen) atoms. The fraction of sp³-hybridized carbons (Fsp3) is 0. The van der Waals surface area contributed by atoms with Crippen LogP contribution in [0.2, 0.25) is 0 Å². The van der Waals surface area contributed by atoms with Crippen LogP contribution < -0.4 is 0 Å². The predicted octanol–water partition coefficient (Wildman–Crippen LogP) is 5.75. The van der Waals surface area contributed by atoms with E-state index in [1.165, 1.54) is 27.4 Å². The van der Waals surface area contributed by atoms with E-state index >= 15 is 0 Å². The number of rotatable bonds is 1. The molecule has 0 aliphatic rings. The van der Waals surface area contributed by atoms with Crippen molar-refractivity contribution in [3.63, 3.8) is 0 Å². The van der Waals surface area contributed by atoms with Gasteiger partial charge in [-0.2, -0.15) is 0 Å². The summed E-state index contributed by atoms with van der Waals surface area (Å²) in [5, 5.41) is 2.52. The van der Waals surface area contributed by atoms with Gasteiger partial charge in [0.1, 0.15) is 0 Å². The SMILES string of the molecule is Brc1cccc2c1[nH]c1c(-c3ccccc3)cccc12. The third-order valence-electron chi connectivity index (χ3n) is 3.70. The van der Waals surface area contributed by atoms with Crippen LogP contribution in [0, 0.1) is 0 Å². The van der Waals surface area contributed by atoms with Gasteiger partial charge in [-0.25, -0.2) is 0 Å². The lowest BCUT2D eigenvalue weighted by atomic mass is 10.0. The molecule has 1 aromatic heterocycles. The Morgan fingerprint density at radius 3 is 2.15 bits per heavy atom. The second-order valence-electron chi connectivity index (χ2n) is 4.88. The molecular weight excluding hydrogens is 310 g/mol. The molecule has 2 heteroatoms. The fourth-order valence-corrected chi connectivity index (χ4v) is 3.24. The maximum atomic E-state index is 3.62. The van der Waals surface area contributed by atoms with E-state index in [9.17, 15) is 0 Å². The van der Waals surface area contributed by atoms with Crippen LogP contribution in [0.4, 0.5) is 0 Å². The highest BCUT2D eigenvalue weighted by molar-refractivity contribution is 9.10. The zero-order chi connectivity index (χ0) is 13.5. The topological polar surface area (TPSA) is 15.8 Å². The average molecular weight is 322 g/mol. The first-order valence-electron chi connectivity index (χ1n) is 6.59. The number of fused-ring (bicyclic) bond motifs is 3. The number of aromatic nitrogens is 1. The van der Waals surface area contributed by atoms with Gasteiger partial charge in [-0.3, -0.25) is 0 Å².